The fourth-order valence-electron chi connectivity index (χ4n) is 1.18. The first-order valence-corrected chi connectivity index (χ1v) is 4.12. The molecule has 0 aliphatic carbocycles. The second-order valence-corrected chi connectivity index (χ2v) is 3.20. The quantitative estimate of drug-likeness (QED) is 0.765. The number of halogens is 1. The maximum atomic E-state index is 13.0. The van der Waals surface area contributed by atoms with Crippen LogP contribution in [-0.2, 0) is 0 Å². The average molecular weight is 184 g/mol. The zero-order valence-electron chi connectivity index (χ0n) is 7.97. The van der Waals surface area contributed by atoms with Crippen LogP contribution < -0.4 is 4.74 Å². The van der Waals surface area contributed by atoms with E-state index in [1.165, 1.54) is 13.2 Å². The molecule has 0 radical (unpaired) electrons. The first-order chi connectivity index (χ1) is 6.06. The second kappa shape index (κ2) is 3.64. The van der Waals surface area contributed by atoms with E-state index in [2.05, 4.69) is 0 Å². The van der Waals surface area contributed by atoms with Crippen molar-refractivity contribution in [1.29, 1.82) is 0 Å². The van der Waals surface area contributed by atoms with Crippen molar-refractivity contribution in [2.45, 2.75) is 19.8 Å². The van der Waals surface area contributed by atoms with Crippen molar-refractivity contribution in [3.8, 4) is 11.5 Å². The Morgan fingerprint density at radius 1 is 1.38 bits per heavy atom. The number of methoxy groups -OCH3 is 1. The molecule has 1 rings (SSSR count). The first-order valence-electron chi connectivity index (χ1n) is 4.12. The highest BCUT2D eigenvalue weighted by atomic mass is 19.1. The van der Waals surface area contributed by atoms with Gasteiger partial charge in [-0.05, 0) is 12.0 Å². The highest BCUT2D eigenvalue weighted by Crippen LogP contribution is 2.31. The lowest BCUT2D eigenvalue weighted by molar-refractivity contribution is 0.380. The second-order valence-electron chi connectivity index (χ2n) is 3.20. The van der Waals surface area contributed by atoms with Gasteiger partial charge in [-0.15, -0.1) is 0 Å². The van der Waals surface area contributed by atoms with Gasteiger partial charge in [0.2, 0.25) is 0 Å². The summed E-state index contributed by atoms with van der Waals surface area (Å²) in [5.74, 6) is -0.242. The van der Waals surface area contributed by atoms with Crippen molar-refractivity contribution in [1.82, 2.24) is 0 Å². The smallest absolute Gasteiger partial charge is 0.168 e. The molecular formula is C10H13FO2. The molecule has 2 nitrogen and oxygen atoms in total. The molecule has 0 spiro atoms. The van der Waals surface area contributed by atoms with Gasteiger partial charge >= 0.3 is 0 Å². The zero-order chi connectivity index (χ0) is 10.0. The minimum atomic E-state index is -0.538. The van der Waals surface area contributed by atoms with Crippen LogP contribution in [0.4, 0.5) is 4.39 Å². The van der Waals surface area contributed by atoms with Gasteiger partial charge in [-0.2, -0.15) is 0 Å². The van der Waals surface area contributed by atoms with E-state index in [-0.39, 0.29) is 17.4 Å². The van der Waals surface area contributed by atoms with Crippen LogP contribution in [0.5, 0.6) is 11.5 Å². The van der Waals surface area contributed by atoms with Gasteiger partial charge in [0, 0.05) is 11.6 Å². The molecule has 0 amide bonds. The summed E-state index contributed by atoms with van der Waals surface area (Å²) < 4.78 is 17.8. The van der Waals surface area contributed by atoms with E-state index in [4.69, 9.17) is 4.74 Å². The number of hydrogen-bond donors (Lipinski definition) is 1. The highest BCUT2D eigenvalue weighted by molar-refractivity contribution is 5.42. The van der Waals surface area contributed by atoms with Gasteiger partial charge in [0.1, 0.15) is 5.75 Å². The number of phenolic OH excluding ortho intramolecular Hbond substituents is 1. The number of benzene rings is 1. The number of ether oxygens (including phenoxy) is 1. The Balaban J connectivity index is 3.22. The van der Waals surface area contributed by atoms with Crippen LogP contribution in [-0.4, -0.2) is 12.2 Å². The van der Waals surface area contributed by atoms with Gasteiger partial charge in [-0.25, -0.2) is 4.39 Å². The molecule has 0 bridgehead atoms. The molecule has 0 atom stereocenters. The Morgan fingerprint density at radius 2 is 2.00 bits per heavy atom. The summed E-state index contributed by atoms with van der Waals surface area (Å²) in [7, 11) is 1.40. The fourth-order valence-corrected chi connectivity index (χ4v) is 1.18. The average Bonchev–Trinajstić information content (AvgIpc) is 2.03. The minimum absolute atomic E-state index is 0.0201. The van der Waals surface area contributed by atoms with Crippen molar-refractivity contribution >= 4 is 0 Å². The molecule has 1 aromatic carbocycles. The molecule has 72 valence electrons. The van der Waals surface area contributed by atoms with Crippen LogP contribution in [0.2, 0.25) is 0 Å². The number of aromatic hydroxyl groups is 1. The monoisotopic (exact) mass is 184 g/mol. The Morgan fingerprint density at radius 3 is 2.46 bits per heavy atom. The lowest BCUT2D eigenvalue weighted by atomic mass is 10.0. The van der Waals surface area contributed by atoms with Gasteiger partial charge in [0.05, 0.1) is 7.11 Å². The van der Waals surface area contributed by atoms with Crippen LogP contribution >= 0.6 is 0 Å². The SMILES string of the molecule is COc1cc(C(C)C)c(O)cc1F. The van der Waals surface area contributed by atoms with Gasteiger partial charge in [0.15, 0.2) is 11.6 Å². The molecule has 0 saturated heterocycles. The number of rotatable bonds is 2. The summed E-state index contributed by atoms with van der Waals surface area (Å²) in [6.45, 7) is 3.85. The third-order valence-electron chi connectivity index (χ3n) is 1.92. The molecule has 0 saturated carbocycles. The molecule has 0 fully saturated rings. The molecule has 0 aromatic heterocycles. The molecule has 1 N–H and O–H groups in total. The first kappa shape index (κ1) is 9.84. The predicted molar refractivity (Wildman–Crippen MR) is 48.7 cm³/mol. The van der Waals surface area contributed by atoms with Gasteiger partial charge in [0.25, 0.3) is 0 Å². The summed E-state index contributed by atoms with van der Waals surface area (Å²) >= 11 is 0. The summed E-state index contributed by atoms with van der Waals surface area (Å²) in [4.78, 5) is 0. The third kappa shape index (κ3) is 1.91. The van der Waals surface area contributed by atoms with Crippen LogP contribution in [0.3, 0.4) is 0 Å². The molecule has 0 aliphatic heterocycles. The molecule has 3 heteroatoms. The molecule has 13 heavy (non-hydrogen) atoms. The van der Waals surface area contributed by atoms with Crippen molar-refractivity contribution in [3.63, 3.8) is 0 Å². The Hall–Kier alpha value is -1.25. The van der Waals surface area contributed by atoms with E-state index >= 15 is 0 Å². The maximum Gasteiger partial charge on any atom is 0.168 e. The molecular weight excluding hydrogens is 171 g/mol. The Bertz CT molecular complexity index is 308. The van der Waals surface area contributed by atoms with E-state index in [1.807, 2.05) is 13.8 Å². The summed E-state index contributed by atoms with van der Waals surface area (Å²) in [6, 6.07) is 2.60. The van der Waals surface area contributed by atoms with Crippen molar-refractivity contribution in [2.75, 3.05) is 7.11 Å². The van der Waals surface area contributed by atoms with Crippen molar-refractivity contribution in [2.24, 2.45) is 0 Å². The van der Waals surface area contributed by atoms with Gasteiger partial charge in [-0.1, -0.05) is 13.8 Å². The van der Waals surface area contributed by atoms with Gasteiger partial charge in [-0.3, -0.25) is 0 Å². The molecule has 0 heterocycles. The van der Waals surface area contributed by atoms with E-state index in [0.29, 0.717) is 5.56 Å². The maximum absolute atomic E-state index is 13.0. The van der Waals surface area contributed by atoms with Crippen LogP contribution in [0.1, 0.15) is 25.3 Å². The summed E-state index contributed by atoms with van der Waals surface area (Å²) in [5, 5.41) is 9.39. The summed E-state index contributed by atoms with van der Waals surface area (Å²) in [6.07, 6.45) is 0. The largest absolute Gasteiger partial charge is 0.508 e. The van der Waals surface area contributed by atoms with Crippen LogP contribution in [0.15, 0.2) is 12.1 Å². The molecule has 0 aliphatic rings. The van der Waals surface area contributed by atoms with Gasteiger partial charge < -0.3 is 9.84 Å². The lowest BCUT2D eigenvalue weighted by Crippen LogP contribution is -1.93. The molecule has 1 aromatic rings. The topological polar surface area (TPSA) is 29.5 Å². The van der Waals surface area contributed by atoms with E-state index in [9.17, 15) is 9.50 Å². The Labute approximate surface area is 77.0 Å². The summed E-state index contributed by atoms with van der Waals surface area (Å²) in [5.41, 5.74) is 0.693. The normalized spacial score (nSPS) is 10.5. The van der Waals surface area contributed by atoms with Crippen molar-refractivity contribution in [3.05, 3.63) is 23.5 Å². The third-order valence-corrected chi connectivity index (χ3v) is 1.92. The Kier molecular flexibility index (Phi) is 2.76. The van der Waals surface area contributed by atoms with Crippen molar-refractivity contribution < 1.29 is 14.2 Å². The predicted octanol–water partition coefficient (Wildman–Crippen LogP) is 2.66. The number of phenols is 1. The lowest BCUT2D eigenvalue weighted by Gasteiger charge is -2.10. The van der Waals surface area contributed by atoms with Crippen LogP contribution in [0, 0.1) is 5.82 Å². The number of hydrogen-bond acceptors (Lipinski definition) is 2. The van der Waals surface area contributed by atoms with E-state index in [1.54, 1.807) is 0 Å². The highest BCUT2D eigenvalue weighted by Gasteiger charge is 2.11. The van der Waals surface area contributed by atoms with E-state index in [0.717, 1.165) is 6.07 Å². The zero-order valence-corrected chi connectivity index (χ0v) is 7.97. The van der Waals surface area contributed by atoms with Crippen LogP contribution in [0.25, 0.3) is 0 Å². The van der Waals surface area contributed by atoms with E-state index < -0.39 is 5.82 Å². The minimum Gasteiger partial charge on any atom is -0.508 e. The standard InChI is InChI=1S/C10H13FO2/c1-6(2)7-4-10(13-3)8(11)5-9(7)12/h4-6,12H,1-3H3. The fraction of sp³-hybridized carbons (Fsp3) is 0.400. The molecule has 0 unspecified atom stereocenters.